The zero-order valence-electron chi connectivity index (χ0n) is 9.91. The summed E-state index contributed by atoms with van der Waals surface area (Å²) in [6, 6.07) is 0. The minimum Gasteiger partial charge on any atom is -0.350 e. The number of halogens is 1. The van der Waals surface area contributed by atoms with Crippen molar-refractivity contribution in [2.24, 2.45) is 5.92 Å². The number of amides is 1. The van der Waals surface area contributed by atoms with Crippen LogP contribution in [0.3, 0.4) is 0 Å². The molecule has 1 aromatic heterocycles. The molecule has 1 fully saturated rings. The van der Waals surface area contributed by atoms with Crippen molar-refractivity contribution >= 4 is 28.8 Å². The van der Waals surface area contributed by atoms with Crippen molar-refractivity contribution in [3.05, 3.63) is 16.1 Å². The lowest BCUT2D eigenvalue weighted by Gasteiger charge is -2.26. The van der Waals surface area contributed by atoms with E-state index >= 15 is 0 Å². The van der Waals surface area contributed by atoms with Gasteiger partial charge in [-0.05, 0) is 25.7 Å². The zero-order valence-corrected chi connectivity index (χ0v) is 11.5. The molecule has 5 heteroatoms. The Hall–Kier alpha value is -0.610. The SMILES string of the molecule is Cc1nc(C(=O)NCC2CCCCC2Cl)cs1. The molecule has 1 aliphatic rings. The number of aryl methyl sites for hydroxylation is 1. The van der Waals surface area contributed by atoms with Crippen LogP contribution in [0.15, 0.2) is 5.38 Å². The fourth-order valence-electron chi connectivity index (χ4n) is 2.17. The molecular formula is C12H17ClN2OS. The maximum Gasteiger partial charge on any atom is 0.270 e. The average Bonchev–Trinajstić information content (AvgIpc) is 2.74. The quantitative estimate of drug-likeness (QED) is 0.860. The van der Waals surface area contributed by atoms with Crippen LogP contribution >= 0.6 is 22.9 Å². The number of hydrogen-bond acceptors (Lipinski definition) is 3. The summed E-state index contributed by atoms with van der Waals surface area (Å²) < 4.78 is 0. The third kappa shape index (κ3) is 3.42. The van der Waals surface area contributed by atoms with Gasteiger partial charge in [-0.3, -0.25) is 4.79 Å². The Morgan fingerprint density at radius 2 is 2.35 bits per heavy atom. The van der Waals surface area contributed by atoms with Gasteiger partial charge in [-0.25, -0.2) is 4.98 Å². The van der Waals surface area contributed by atoms with Crippen LogP contribution in [0, 0.1) is 12.8 Å². The van der Waals surface area contributed by atoms with Gasteiger partial charge in [-0.1, -0.05) is 12.8 Å². The minimum absolute atomic E-state index is 0.0798. The molecular weight excluding hydrogens is 256 g/mol. The minimum atomic E-state index is -0.0798. The lowest BCUT2D eigenvalue weighted by Crippen LogP contribution is -2.34. The second kappa shape index (κ2) is 5.83. The third-order valence-corrected chi connectivity index (χ3v) is 4.54. The molecule has 1 aromatic rings. The Morgan fingerprint density at radius 1 is 1.59 bits per heavy atom. The van der Waals surface area contributed by atoms with Gasteiger partial charge in [-0.15, -0.1) is 22.9 Å². The summed E-state index contributed by atoms with van der Waals surface area (Å²) in [7, 11) is 0. The van der Waals surface area contributed by atoms with Gasteiger partial charge in [0.25, 0.3) is 5.91 Å². The highest BCUT2D eigenvalue weighted by atomic mass is 35.5. The number of carbonyl (C=O) groups excluding carboxylic acids is 1. The number of hydrogen-bond donors (Lipinski definition) is 1. The van der Waals surface area contributed by atoms with Crippen LogP contribution < -0.4 is 5.32 Å². The van der Waals surface area contributed by atoms with Crippen molar-refractivity contribution < 1.29 is 4.79 Å². The predicted molar refractivity (Wildman–Crippen MR) is 70.8 cm³/mol. The Morgan fingerprint density at radius 3 is 3.00 bits per heavy atom. The number of thiazole rings is 1. The summed E-state index contributed by atoms with van der Waals surface area (Å²) in [4.78, 5) is 16.0. The Kier molecular flexibility index (Phi) is 4.40. The van der Waals surface area contributed by atoms with E-state index in [2.05, 4.69) is 10.3 Å². The van der Waals surface area contributed by atoms with Gasteiger partial charge in [0, 0.05) is 17.3 Å². The summed E-state index contributed by atoms with van der Waals surface area (Å²) in [5, 5.41) is 5.86. The van der Waals surface area contributed by atoms with E-state index in [-0.39, 0.29) is 11.3 Å². The van der Waals surface area contributed by atoms with E-state index in [1.54, 1.807) is 5.38 Å². The van der Waals surface area contributed by atoms with E-state index in [4.69, 9.17) is 11.6 Å². The van der Waals surface area contributed by atoms with Gasteiger partial charge in [0.2, 0.25) is 0 Å². The van der Waals surface area contributed by atoms with E-state index in [1.165, 1.54) is 24.2 Å². The number of carbonyl (C=O) groups is 1. The number of nitrogens with zero attached hydrogens (tertiary/aromatic N) is 1. The Labute approximate surface area is 111 Å². The highest BCUT2D eigenvalue weighted by Gasteiger charge is 2.23. The summed E-state index contributed by atoms with van der Waals surface area (Å²) in [5.74, 6) is 0.331. The van der Waals surface area contributed by atoms with E-state index < -0.39 is 0 Å². The fraction of sp³-hybridized carbons (Fsp3) is 0.667. The second-order valence-corrected chi connectivity index (χ2v) is 6.15. The van der Waals surface area contributed by atoms with E-state index in [1.807, 2.05) is 6.92 Å². The number of nitrogens with one attached hydrogen (secondary N) is 1. The van der Waals surface area contributed by atoms with Crippen molar-refractivity contribution in [3.8, 4) is 0 Å². The van der Waals surface area contributed by atoms with Gasteiger partial charge in [0.15, 0.2) is 0 Å². The summed E-state index contributed by atoms with van der Waals surface area (Å²) >= 11 is 7.75. The van der Waals surface area contributed by atoms with Crippen LogP contribution in [0.25, 0.3) is 0 Å². The molecule has 1 saturated carbocycles. The average molecular weight is 273 g/mol. The van der Waals surface area contributed by atoms with Crippen LogP contribution in [0.5, 0.6) is 0 Å². The van der Waals surface area contributed by atoms with Crippen LogP contribution in [0.1, 0.15) is 41.2 Å². The molecule has 0 bridgehead atoms. The van der Waals surface area contributed by atoms with Crippen molar-refractivity contribution in [2.75, 3.05) is 6.54 Å². The molecule has 94 valence electrons. The molecule has 1 amide bonds. The van der Waals surface area contributed by atoms with Crippen LogP contribution in [0.4, 0.5) is 0 Å². The molecule has 1 heterocycles. The molecule has 0 saturated heterocycles. The van der Waals surface area contributed by atoms with Gasteiger partial charge in [0.05, 0.1) is 5.01 Å². The summed E-state index contributed by atoms with van der Waals surface area (Å²) in [5.41, 5.74) is 0.523. The molecule has 0 aromatic carbocycles. The first kappa shape index (κ1) is 12.8. The lowest BCUT2D eigenvalue weighted by atomic mass is 9.89. The first-order valence-corrected chi connectivity index (χ1v) is 7.33. The molecule has 0 radical (unpaired) electrons. The first-order valence-electron chi connectivity index (χ1n) is 6.01. The van der Waals surface area contributed by atoms with Gasteiger partial charge < -0.3 is 5.32 Å². The summed E-state index contributed by atoms with van der Waals surface area (Å²) in [6.07, 6.45) is 4.62. The van der Waals surface area contributed by atoms with Gasteiger partial charge in [-0.2, -0.15) is 0 Å². The normalized spacial score (nSPS) is 24.6. The first-order chi connectivity index (χ1) is 8.16. The van der Waals surface area contributed by atoms with Gasteiger partial charge in [0.1, 0.15) is 5.69 Å². The Balaban J connectivity index is 1.83. The monoisotopic (exact) mass is 272 g/mol. The van der Waals surface area contributed by atoms with Crippen molar-refractivity contribution in [2.45, 2.75) is 38.0 Å². The molecule has 0 aliphatic heterocycles. The number of aromatic nitrogens is 1. The maximum atomic E-state index is 11.8. The molecule has 2 atom stereocenters. The predicted octanol–water partition coefficient (Wildman–Crippen LogP) is 2.98. The van der Waals surface area contributed by atoms with Crippen LogP contribution in [-0.2, 0) is 0 Å². The topological polar surface area (TPSA) is 42.0 Å². The molecule has 0 spiro atoms. The number of alkyl halides is 1. The number of rotatable bonds is 3. The highest BCUT2D eigenvalue weighted by Crippen LogP contribution is 2.28. The molecule has 17 heavy (non-hydrogen) atoms. The van der Waals surface area contributed by atoms with E-state index in [0.717, 1.165) is 17.8 Å². The third-order valence-electron chi connectivity index (χ3n) is 3.19. The van der Waals surface area contributed by atoms with E-state index in [0.29, 0.717) is 18.2 Å². The van der Waals surface area contributed by atoms with Crippen LogP contribution in [0.2, 0.25) is 0 Å². The largest absolute Gasteiger partial charge is 0.350 e. The van der Waals surface area contributed by atoms with E-state index in [9.17, 15) is 4.79 Å². The molecule has 2 rings (SSSR count). The molecule has 1 aliphatic carbocycles. The van der Waals surface area contributed by atoms with Crippen molar-refractivity contribution in [1.82, 2.24) is 10.3 Å². The van der Waals surface area contributed by atoms with Crippen molar-refractivity contribution in [1.29, 1.82) is 0 Å². The summed E-state index contributed by atoms with van der Waals surface area (Å²) in [6.45, 7) is 2.57. The molecule has 3 nitrogen and oxygen atoms in total. The fourth-order valence-corrected chi connectivity index (χ4v) is 3.14. The molecule has 2 unspecified atom stereocenters. The second-order valence-electron chi connectivity index (χ2n) is 4.52. The van der Waals surface area contributed by atoms with Gasteiger partial charge >= 0.3 is 0 Å². The van der Waals surface area contributed by atoms with Crippen LogP contribution in [-0.4, -0.2) is 22.8 Å². The van der Waals surface area contributed by atoms with Crippen molar-refractivity contribution in [3.63, 3.8) is 0 Å². The smallest absolute Gasteiger partial charge is 0.270 e. The lowest BCUT2D eigenvalue weighted by molar-refractivity contribution is 0.0939. The maximum absolute atomic E-state index is 11.8. The molecule has 1 N–H and O–H groups in total. The highest BCUT2D eigenvalue weighted by molar-refractivity contribution is 7.09. The zero-order chi connectivity index (χ0) is 12.3. The standard InChI is InChI=1S/C12H17ClN2OS/c1-8-15-11(7-17-8)12(16)14-6-9-4-2-3-5-10(9)13/h7,9-10H,2-6H2,1H3,(H,14,16). The Bertz CT molecular complexity index is 394.